The predicted molar refractivity (Wildman–Crippen MR) is 79.5 cm³/mol. The predicted octanol–water partition coefficient (Wildman–Crippen LogP) is 2.79. The maximum Gasteiger partial charge on any atom is 0.120 e. The molecule has 0 aromatic heterocycles. The zero-order valence-corrected chi connectivity index (χ0v) is 12.6. The largest absolute Gasteiger partial charge is 0.508 e. The summed E-state index contributed by atoms with van der Waals surface area (Å²) < 4.78 is 0. The second-order valence-electron chi connectivity index (χ2n) is 5.96. The Kier molecular flexibility index (Phi) is 4.48. The van der Waals surface area contributed by atoms with Crippen LogP contribution in [0.25, 0.3) is 0 Å². The topological polar surface area (TPSA) is 26.7 Å². The van der Waals surface area contributed by atoms with Crippen LogP contribution >= 0.6 is 0 Å². The van der Waals surface area contributed by atoms with E-state index in [1.807, 2.05) is 13.0 Å². The number of phenols is 1. The Morgan fingerprint density at radius 1 is 1.42 bits per heavy atom. The number of phenolic OH excluding ortho intramolecular Hbond substituents is 1. The number of hydrogen-bond donors (Lipinski definition) is 1. The van der Waals surface area contributed by atoms with Crippen LogP contribution in [0.1, 0.15) is 36.9 Å². The van der Waals surface area contributed by atoms with Gasteiger partial charge < -0.3 is 10.0 Å². The van der Waals surface area contributed by atoms with E-state index >= 15 is 0 Å². The van der Waals surface area contributed by atoms with Crippen molar-refractivity contribution in [3.05, 3.63) is 29.3 Å². The normalized spacial score (nSPS) is 22.7. The molecule has 0 bridgehead atoms. The first-order valence-electron chi connectivity index (χ1n) is 7.19. The number of hydrogen-bond acceptors (Lipinski definition) is 3. The van der Waals surface area contributed by atoms with Gasteiger partial charge in [-0.1, -0.05) is 12.1 Å². The van der Waals surface area contributed by atoms with Crippen molar-refractivity contribution in [3.8, 4) is 5.75 Å². The Hall–Kier alpha value is -1.06. The van der Waals surface area contributed by atoms with E-state index < -0.39 is 0 Å². The van der Waals surface area contributed by atoms with E-state index in [0.29, 0.717) is 11.8 Å². The molecule has 1 aliphatic heterocycles. The molecular weight excluding hydrogens is 236 g/mol. The van der Waals surface area contributed by atoms with Gasteiger partial charge in [0.05, 0.1) is 0 Å². The van der Waals surface area contributed by atoms with E-state index in [0.717, 1.165) is 17.7 Å². The van der Waals surface area contributed by atoms with Gasteiger partial charge in [-0.3, -0.25) is 4.90 Å². The van der Waals surface area contributed by atoms with E-state index in [1.165, 1.54) is 19.4 Å². The average molecular weight is 262 g/mol. The fourth-order valence-corrected chi connectivity index (χ4v) is 3.01. The van der Waals surface area contributed by atoms with Crippen molar-refractivity contribution >= 4 is 0 Å². The molecule has 1 aromatic carbocycles. The van der Waals surface area contributed by atoms with Gasteiger partial charge in [0.2, 0.25) is 0 Å². The standard InChI is InChI=1S/C16H26N2O/c1-12-7-8-15(16(19)10-12)13(2)18(4)14-6-5-9-17(3)11-14/h7-8,10,13-14,19H,5-6,9,11H2,1-4H3. The summed E-state index contributed by atoms with van der Waals surface area (Å²) in [6.07, 6.45) is 2.51. The molecule has 3 nitrogen and oxygen atoms in total. The molecule has 1 aliphatic rings. The Balaban J connectivity index is 2.11. The lowest BCUT2D eigenvalue weighted by molar-refractivity contribution is 0.104. The summed E-state index contributed by atoms with van der Waals surface area (Å²) in [6.45, 7) is 6.51. The van der Waals surface area contributed by atoms with Crippen LogP contribution in [0.5, 0.6) is 5.75 Å². The Morgan fingerprint density at radius 2 is 2.16 bits per heavy atom. The van der Waals surface area contributed by atoms with Gasteiger partial charge in [0.1, 0.15) is 5.75 Å². The van der Waals surface area contributed by atoms with Gasteiger partial charge in [-0.15, -0.1) is 0 Å². The highest BCUT2D eigenvalue weighted by molar-refractivity contribution is 5.37. The van der Waals surface area contributed by atoms with Gasteiger partial charge in [0.25, 0.3) is 0 Å². The molecular formula is C16H26N2O. The third-order valence-electron chi connectivity index (χ3n) is 4.42. The fourth-order valence-electron chi connectivity index (χ4n) is 3.01. The van der Waals surface area contributed by atoms with Crippen LogP contribution in [0.4, 0.5) is 0 Å². The fraction of sp³-hybridized carbons (Fsp3) is 0.625. The molecule has 0 amide bonds. The lowest BCUT2D eigenvalue weighted by Crippen LogP contribution is -2.45. The van der Waals surface area contributed by atoms with Crippen molar-refractivity contribution in [1.82, 2.24) is 9.80 Å². The van der Waals surface area contributed by atoms with Crippen molar-refractivity contribution in [2.24, 2.45) is 0 Å². The van der Waals surface area contributed by atoms with Crippen molar-refractivity contribution in [2.45, 2.75) is 38.8 Å². The lowest BCUT2D eigenvalue weighted by atomic mass is 9.99. The van der Waals surface area contributed by atoms with Crippen molar-refractivity contribution < 1.29 is 5.11 Å². The maximum atomic E-state index is 10.1. The molecule has 106 valence electrons. The number of aromatic hydroxyl groups is 1. The summed E-state index contributed by atoms with van der Waals surface area (Å²) in [7, 11) is 4.36. The monoisotopic (exact) mass is 262 g/mol. The van der Waals surface area contributed by atoms with Crippen molar-refractivity contribution in [3.63, 3.8) is 0 Å². The van der Waals surface area contributed by atoms with Gasteiger partial charge in [-0.05, 0) is 59.0 Å². The summed E-state index contributed by atoms with van der Waals surface area (Å²) in [5, 5.41) is 10.1. The number of rotatable bonds is 3. The first kappa shape index (κ1) is 14.4. The van der Waals surface area contributed by atoms with Crippen LogP contribution in [0, 0.1) is 6.92 Å². The summed E-state index contributed by atoms with van der Waals surface area (Å²) >= 11 is 0. The number of likely N-dealkylation sites (N-methyl/N-ethyl adjacent to an activating group) is 2. The summed E-state index contributed by atoms with van der Waals surface area (Å²) in [5.74, 6) is 0.420. The molecule has 2 unspecified atom stereocenters. The minimum Gasteiger partial charge on any atom is -0.508 e. The van der Waals surface area contributed by atoms with E-state index in [1.54, 1.807) is 0 Å². The molecule has 3 heteroatoms. The molecule has 0 saturated carbocycles. The molecule has 2 rings (SSSR count). The highest BCUT2D eigenvalue weighted by Crippen LogP contribution is 2.31. The SMILES string of the molecule is Cc1ccc(C(C)N(C)C2CCCN(C)C2)c(O)c1. The quantitative estimate of drug-likeness (QED) is 0.907. The second kappa shape index (κ2) is 5.93. The minimum absolute atomic E-state index is 0.247. The van der Waals surface area contributed by atoms with Crippen molar-refractivity contribution in [2.75, 3.05) is 27.2 Å². The van der Waals surface area contributed by atoms with E-state index in [4.69, 9.17) is 0 Å². The molecule has 1 saturated heterocycles. The molecule has 0 spiro atoms. The van der Waals surface area contributed by atoms with Gasteiger partial charge in [0.15, 0.2) is 0 Å². The van der Waals surface area contributed by atoms with E-state index in [-0.39, 0.29) is 6.04 Å². The molecule has 0 radical (unpaired) electrons. The second-order valence-corrected chi connectivity index (χ2v) is 5.96. The minimum atomic E-state index is 0.247. The Morgan fingerprint density at radius 3 is 2.79 bits per heavy atom. The third kappa shape index (κ3) is 3.28. The Labute approximate surface area is 116 Å². The number of nitrogens with zero attached hydrogens (tertiary/aromatic N) is 2. The zero-order chi connectivity index (χ0) is 14.0. The highest BCUT2D eigenvalue weighted by Gasteiger charge is 2.26. The van der Waals surface area contributed by atoms with Gasteiger partial charge in [0, 0.05) is 24.2 Å². The molecule has 1 N–H and O–H groups in total. The number of likely N-dealkylation sites (tertiary alicyclic amines) is 1. The Bertz CT molecular complexity index is 433. The highest BCUT2D eigenvalue weighted by atomic mass is 16.3. The molecule has 2 atom stereocenters. The van der Waals surface area contributed by atoms with Gasteiger partial charge in [-0.2, -0.15) is 0 Å². The van der Waals surface area contributed by atoms with Crippen LogP contribution in [-0.2, 0) is 0 Å². The van der Waals surface area contributed by atoms with E-state index in [2.05, 4.69) is 43.0 Å². The molecule has 1 fully saturated rings. The molecule has 0 aliphatic carbocycles. The molecule has 19 heavy (non-hydrogen) atoms. The smallest absolute Gasteiger partial charge is 0.120 e. The summed E-state index contributed by atoms with van der Waals surface area (Å²) in [6, 6.07) is 6.81. The lowest BCUT2D eigenvalue weighted by Gasteiger charge is -2.39. The summed E-state index contributed by atoms with van der Waals surface area (Å²) in [5.41, 5.74) is 2.13. The third-order valence-corrected chi connectivity index (χ3v) is 4.42. The van der Waals surface area contributed by atoms with Crippen molar-refractivity contribution in [1.29, 1.82) is 0 Å². The van der Waals surface area contributed by atoms with Crippen LogP contribution in [0.15, 0.2) is 18.2 Å². The van der Waals surface area contributed by atoms with Crippen LogP contribution in [0.2, 0.25) is 0 Å². The number of aryl methyl sites for hydroxylation is 1. The molecule has 1 heterocycles. The van der Waals surface area contributed by atoms with Crippen LogP contribution in [-0.4, -0.2) is 48.1 Å². The van der Waals surface area contributed by atoms with Gasteiger partial charge >= 0.3 is 0 Å². The van der Waals surface area contributed by atoms with Gasteiger partial charge in [-0.25, -0.2) is 0 Å². The molecule has 1 aromatic rings. The number of piperidine rings is 1. The first-order chi connectivity index (χ1) is 8.99. The maximum absolute atomic E-state index is 10.1. The first-order valence-corrected chi connectivity index (χ1v) is 7.19. The summed E-state index contributed by atoms with van der Waals surface area (Å²) in [4.78, 5) is 4.80. The number of benzene rings is 1. The average Bonchev–Trinajstić information content (AvgIpc) is 2.37. The van der Waals surface area contributed by atoms with Crippen LogP contribution in [0.3, 0.4) is 0 Å². The van der Waals surface area contributed by atoms with E-state index in [9.17, 15) is 5.11 Å². The van der Waals surface area contributed by atoms with Crippen LogP contribution < -0.4 is 0 Å². The zero-order valence-electron chi connectivity index (χ0n) is 12.6.